The summed E-state index contributed by atoms with van der Waals surface area (Å²) in [6.45, 7) is 12.5. The van der Waals surface area contributed by atoms with Crippen LogP contribution in [0, 0.1) is 0 Å². The van der Waals surface area contributed by atoms with Gasteiger partial charge in [0.2, 0.25) is 0 Å². The van der Waals surface area contributed by atoms with Crippen LogP contribution in [-0.4, -0.2) is 73.9 Å². The lowest BCUT2D eigenvalue weighted by atomic mass is 9.95. The van der Waals surface area contributed by atoms with E-state index in [2.05, 4.69) is 77.6 Å². The molecule has 2 heterocycles. The minimum absolute atomic E-state index is 0.355. The lowest BCUT2D eigenvalue weighted by molar-refractivity contribution is -0.00147. The number of anilines is 1. The molecule has 0 N–H and O–H groups in total. The Balaban J connectivity index is 1.38. The Bertz CT molecular complexity index is 1080. The Morgan fingerprint density at radius 3 is 2.08 bits per heavy atom. The summed E-state index contributed by atoms with van der Waals surface area (Å²) in [6.07, 6.45) is 0. The predicted molar refractivity (Wildman–Crippen MR) is 141 cm³/mol. The molecule has 0 radical (unpaired) electrons. The second kappa shape index (κ2) is 13.5. The van der Waals surface area contributed by atoms with E-state index in [0.29, 0.717) is 65.4 Å². The standard InChI is InChI=1S/C28H38N4O4/c1-4-33-15-16-35-19-20-36-18-17-34-14-13-32-28-24-10-6-5-9-23(24)21-31(22(2)3)26-12-8-7-11-25(26)27(28)29-30-32/h5-12,22H,4,13-21H2,1-3H3. The number of benzene rings is 2. The summed E-state index contributed by atoms with van der Waals surface area (Å²) in [6, 6.07) is 17.4. The summed E-state index contributed by atoms with van der Waals surface area (Å²) >= 11 is 0. The van der Waals surface area contributed by atoms with Crippen molar-refractivity contribution in [2.75, 3.05) is 57.8 Å². The molecule has 0 atom stereocenters. The first-order chi connectivity index (χ1) is 17.7. The molecular formula is C28H38N4O4. The molecule has 4 rings (SSSR count). The molecule has 0 amide bonds. The highest BCUT2D eigenvalue weighted by molar-refractivity contribution is 5.88. The summed E-state index contributed by atoms with van der Waals surface area (Å²) in [5.74, 6) is 0. The fraction of sp³-hybridized carbons (Fsp3) is 0.500. The van der Waals surface area contributed by atoms with Crippen LogP contribution in [0.25, 0.3) is 22.5 Å². The van der Waals surface area contributed by atoms with E-state index in [1.807, 2.05) is 11.6 Å². The highest BCUT2D eigenvalue weighted by atomic mass is 16.6. The van der Waals surface area contributed by atoms with Gasteiger partial charge in [-0.05, 0) is 32.4 Å². The van der Waals surface area contributed by atoms with E-state index >= 15 is 0 Å². The monoisotopic (exact) mass is 494 g/mol. The van der Waals surface area contributed by atoms with Crippen LogP contribution in [0.2, 0.25) is 0 Å². The highest BCUT2D eigenvalue weighted by Gasteiger charge is 2.27. The van der Waals surface area contributed by atoms with E-state index in [9.17, 15) is 0 Å². The molecule has 0 fully saturated rings. The van der Waals surface area contributed by atoms with Gasteiger partial charge in [0.25, 0.3) is 0 Å². The van der Waals surface area contributed by atoms with Crippen LogP contribution in [0.1, 0.15) is 26.3 Å². The first kappa shape index (κ1) is 26.3. The third kappa shape index (κ3) is 6.50. The van der Waals surface area contributed by atoms with E-state index in [4.69, 9.17) is 18.9 Å². The zero-order valence-corrected chi connectivity index (χ0v) is 21.7. The van der Waals surface area contributed by atoms with Crippen molar-refractivity contribution in [3.05, 3.63) is 54.1 Å². The second-order valence-corrected chi connectivity index (χ2v) is 8.94. The smallest absolute Gasteiger partial charge is 0.123 e. The number of para-hydroxylation sites is 1. The van der Waals surface area contributed by atoms with E-state index in [0.717, 1.165) is 23.5 Å². The van der Waals surface area contributed by atoms with Gasteiger partial charge in [-0.15, -0.1) is 5.10 Å². The van der Waals surface area contributed by atoms with Gasteiger partial charge in [-0.3, -0.25) is 0 Å². The van der Waals surface area contributed by atoms with Gasteiger partial charge >= 0.3 is 0 Å². The molecule has 0 saturated heterocycles. The van der Waals surface area contributed by atoms with Gasteiger partial charge in [-0.2, -0.15) is 0 Å². The number of nitrogens with zero attached hydrogens (tertiary/aromatic N) is 4. The molecule has 8 nitrogen and oxygen atoms in total. The minimum Gasteiger partial charge on any atom is -0.379 e. The Morgan fingerprint density at radius 1 is 0.778 bits per heavy atom. The van der Waals surface area contributed by atoms with Crippen molar-refractivity contribution in [2.45, 2.75) is 39.9 Å². The molecule has 3 aromatic rings. The van der Waals surface area contributed by atoms with Crippen molar-refractivity contribution >= 4 is 5.69 Å². The zero-order chi connectivity index (χ0) is 25.2. The van der Waals surface area contributed by atoms with Gasteiger partial charge in [-0.1, -0.05) is 47.7 Å². The summed E-state index contributed by atoms with van der Waals surface area (Å²) in [7, 11) is 0. The van der Waals surface area contributed by atoms with E-state index in [1.165, 1.54) is 16.8 Å². The van der Waals surface area contributed by atoms with Crippen LogP contribution >= 0.6 is 0 Å². The lowest BCUT2D eigenvalue weighted by Crippen LogP contribution is -2.31. The average Bonchev–Trinajstić information content (AvgIpc) is 3.30. The molecule has 36 heavy (non-hydrogen) atoms. The number of rotatable bonds is 14. The van der Waals surface area contributed by atoms with Crippen LogP contribution in [0.5, 0.6) is 0 Å². The summed E-state index contributed by atoms with van der Waals surface area (Å²) < 4.78 is 24.1. The first-order valence-corrected chi connectivity index (χ1v) is 12.9. The minimum atomic E-state index is 0.355. The Hall–Kier alpha value is -2.78. The zero-order valence-electron chi connectivity index (χ0n) is 21.7. The third-order valence-electron chi connectivity index (χ3n) is 6.21. The molecular weight excluding hydrogens is 456 g/mol. The molecule has 8 heteroatoms. The summed E-state index contributed by atoms with van der Waals surface area (Å²) in [4.78, 5) is 2.43. The molecule has 1 aromatic heterocycles. The Kier molecular flexibility index (Phi) is 9.86. The van der Waals surface area contributed by atoms with Crippen molar-refractivity contribution in [3.8, 4) is 22.5 Å². The van der Waals surface area contributed by atoms with E-state index < -0.39 is 0 Å². The quantitative estimate of drug-likeness (QED) is 0.307. The van der Waals surface area contributed by atoms with Gasteiger partial charge in [0.1, 0.15) is 5.69 Å². The van der Waals surface area contributed by atoms with Crippen molar-refractivity contribution < 1.29 is 18.9 Å². The molecule has 0 bridgehead atoms. The number of ether oxygens (including phenoxy) is 4. The lowest BCUT2D eigenvalue weighted by Gasteiger charge is -2.33. The normalized spacial score (nSPS) is 12.7. The van der Waals surface area contributed by atoms with Crippen molar-refractivity contribution in [3.63, 3.8) is 0 Å². The second-order valence-electron chi connectivity index (χ2n) is 8.94. The van der Waals surface area contributed by atoms with Crippen LogP contribution in [-0.2, 0) is 32.0 Å². The molecule has 1 aliphatic heterocycles. The molecule has 0 aliphatic carbocycles. The summed E-state index contributed by atoms with van der Waals surface area (Å²) in [5.41, 5.74) is 6.69. The van der Waals surface area contributed by atoms with Gasteiger partial charge in [0, 0.05) is 36.0 Å². The van der Waals surface area contributed by atoms with Gasteiger partial charge in [-0.25, -0.2) is 4.68 Å². The largest absolute Gasteiger partial charge is 0.379 e. The van der Waals surface area contributed by atoms with Crippen LogP contribution in [0.3, 0.4) is 0 Å². The maximum absolute atomic E-state index is 5.84. The topological polar surface area (TPSA) is 70.9 Å². The van der Waals surface area contributed by atoms with E-state index in [-0.39, 0.29) is 0 Å². The first-order valence-electron chi connectivity index (χ1n) is 12.9. The van der Waals surface area contributed by atoms with Gasteiger partial charge in [0.05, 0.1) is 58.5 Å². The number of fused-ring (bicyclic) bond motifs is 5. The SMILES string of the molecule is CCOCCOCCOCCOCCn1nnc2c1-c1ccccc1CN(C(C)C)c1ccccc1-2. The molecule has 0 unspecified atom stereocenters. The van der Waals surface area contributed by atoms with Crippen molar-refractivity contribution in [1.29, 1.82) is 0 Å². The van der Waals surface area contributed by atoms with Crippen molar-refractivity contribution in [1.82, 2.24) is 15.0 Å². The fourth-order valence-electron chi connectivity index (χ4n) is 4.42. The van der Waals surface area contributed by atoms with Crippen LogP contribution < -0.4 is 4.90 Å². The predicted octanol–water partition coefficient (Wildman–Crippen LogP) is 4.43. The van der Waals surface area contributed by atoms with Gasteiger partial charge < -0.3 is 23.8 Å². The van der Waals surface area contributed by atoms with Crippen molar-refractivity contribution in [2.24, 2.45) is 0 Å². The Labute approximate surface area is 214 Å². The molecule has 0 saturated carbocycles. The summed E-state index contributed by atoms with van der Waals surface area (Å²) in [5, 5.41) is 9.20. The highest BCUT2D eigenvalue weighted by Crippen LogP contribution is 2.41. The number of hydrogen-bond donors (Lipinski definition) is 0. The Morgan fingerprint density at radius 2 is 1.39 bits per heavy atom. The van der Waals surface area contributed by atoms with Gasteiger partial charge in [0.15, 0.2) is 0 Å². The maximum atomic E-state index is 5.84. The molecule has 2 aromatic carbocycles. The van der Waals surface area contributed by atoms with Crippen LogP contribution in [0.15, 0.2) is 48.5 Å². The number of hydrogen-bond acceptors (Lipinski definition) is 7. The maximum Gasteiger partial charge on any atom is 0.123 e. The number of aromatic nitrogens is 3. The fourth-order valence-corrected chi connectivity index (χ4v) is 4.42. The molecule has 194 valence electrons. The van der Waals surface area contributed by atoms with Crippen LogP contribution in [0.4, 0.5) is 5.69 Å². The average molecular weight is 495 g/mol. The third-order valence-corrected chi connectivity index (χ3v) is 6.21. The molecule has 0 spiro atoms. The van der Waals surface area contributed by atoms with E-state index in [1.54, 1.807) is 0 Å². The molecule has 1 aliphatic rings.